The molecular weight excluding hydrogens is 362 g/mol. The van der Waals surface area contributed by atoms with Gasteiger partial charge in [0, 0.05) is 21.2 Å². The van der Waals surface area contributed by atoms with E-state index in [9.17, 15) is 4.39 Å². The molecule has 2 aromatic heterocycles. The minimum Gasteiger partial charge on any atom is -0.344 e. The molecule has 89 valence electrons. The molecule has 0 amide bonds. The zero-order chi connectivity index (χ0) is 12.5. The monoisotopic (exact) mass is 369 g/mol. The standard InChI is InChI=1S/C13H7FIN2S/c14-10-7-9(15)3-4-11(10)17-12-6-8-2-1-5-16-13(8)18-12/h1-5,7,17H. The molecule has 0 spiro atoms. The minimum atomic E-state index is -0.263. The molecule has 2 heterocycles. The van der Waals surface area contributed by atoms with Gasteiger partial charge in [0.25, 0.3) is 0 Å². The lowest BCUT2D eigenvalue weighted by Crippen LogP contribution is -1.91. The van der Waals surface area contributed by atoms with Crippen LogP contribution in [0, 0.1) is 15.5 Å². The van der Waals surface area contributed by atoms with Crippen LogP contribution in [0.15, 0.2) is 36.5 Å². The van der Waals surface area contributed by atoms with E-state index >= 15 is 0 Å². The number of nitrogens with zero attached hydrogens (tertiary/aromatic N) is 1. The van der Waals surface area contributed by atoms with Crippen LogP contribution < -0.4 is 5.32 Å². The zero-order valence-corrected chi connectivity index (χ0v) is 12.0. The van der Waals surface area contributed by atoms with Gasteiger partial charge in [-0.3, -0.25) is 0 Å². The van der Waals surface area contributed by atoms with Crippen LogP contribution in [-0.2, 0) is 0 Å². The molecular formula is C13H7FIN2S. The molecule has 5 heteroatoms. The van der Waals surface area contributed by atoms with Gasteiger partial charge in [0.05, 0.1) is 5.69 Å². The zero-order valence-electron chi connectivity index (χ0n) is 9.08. The summed E-state index contributed by atoms with van der Waals surface area (Å²) in [6.07, 6.45) is 1.74. The summed E-state index contributed by atoms with van der Waals surface area (Å²) in [6, 6.07) is 12.0. The highest BCUT2D eigenvalue weighted by Crippen LogP contribution is 2.30. The molecule has 0 atom stereocenters. The van der Waals surface area contributed by atoms with Gasteiger partial charge in [-0.25, -0.2) is 9.37 Å². The molecule has 1 radical (unpaired) electrons. The molecule has 0 saturated heterocycles. The van der Waals surface area contributed by atoms with E-state index in [1.165, 1.54) is 17.4 Å². The van der Waals surface area contributed by atoms with Crippen molar-refractivity contribution in [3.63, 3.8) is 0 Å². The van der Waals surface area contributed by atoms with Crippen molar-refractivity contribution in [3.8, 4) is 0 Å². The molecule has 1 aromatic carbocycles. The van der Waals surface area contributed by atoms with Crippen molar-refractivity contribution in [2.45, 2.75) is 0 Å². The number of anilines is 2. The highest BCUT2D eigenvalue weighted by molar-refractivity contribution is 14.1. The first-order valence-electron chi connectivity index (χ1n) is 5.21. The maximum atomic E-state index is 13.7. The molecule has 0 aliphatic rings. The highest BCUT2D eigenvalue weighted by atomic mass is 127. The normalized spacial score (nSPS) is 10.8. The summed E-state index contributed by atoms with van der Waals surface area (Å²) >= 11 is 3.54. The van der Waals surface area contributed by atoms with Crippen molar-refractivity contribution in [1.29, 1.82) is 0 Å². The quantitative estimate of drug-likeness (QED) is 0.669. The van der Waals surface area contributed by atoms with Crippen LogP contribution >= 0.6 is 33.9 Å². The van der Waals surface area contributed by atoms with Crippen molar-refractivity contribution in [2.24, 2.45) is 0 Å². The maximum absolute atomic E-state index is 13.7. The smallest absolute Gasteiger partial charge is 0.147 e. The largest absolute Gasteiger partial charge is 0.344 e. The number of fused-ring (bicyclic) bond motifs is 1. The molecule has 18 heavy (non-hydrogen) atoms. The van der Waals surface area contributed by atoms with Crippen LogP contribution in [-0.4, -0.2) is 4.98 Å². The molecule has 0 saturated carbocycles. The van der Waals surface area contributed by atoms with E-state index in [-0.39, 0.29) is 5.82 Å². The SMILES string of the molecule is Fc1cc(I)ccc1Nc1[c]c2cccnc2s1. The average molecular weight is 369 g/mol. The molecule has 0 aliphatic heterocycles. The number of hydrogen-bond acceptors (Lipinski definition) is 3. The summed E-state index contributed by atoms with van der Waals surface area (Å²) in [5.41, 5.74) is 0.457. The summed E-state index contributed by atoms with van der Waals surface area (Å²) < 4.78 is 14.6. The Balaban J connectivity index is 1.96. The number of thiophene rings is 1. The van der Waals surface area contributed by atoms with Crippen molar-refractivity contribution in [1.82, 2.24) is 4.98 Å². The average Bonchev–Trinajstić information content (AvgIpc) is 2.75. The van der Waals surface area contributed by atoms with E-state index in [0.717, 1.165) is 18.8 Å². The van der Waals surface area contributed by atoms with Crippen LogP contribution in [0.1, 0.15) is 0 Å². The van der Waals surface area contributed by atoms with Gasteiger partial charge in [0.2, 0.25) is 0 Å². The molecule has 3 aromatic rings. The number of hydrogen-bond donors (Lipinski definition) is 1. The summed E-state index contributed by atoms with van der Waals surface area (Å²) in [7, 11) is 0. The molecule has 0 fully saturated rings. The summed E-state index contributed by atoms with van der Waals surface area (Å²) in [4.78, 5) is 5.13. The van der Waals surface area contributed by atoms with E-state index in [1.54, 1.807) is 12.3 Å². The van der Waals surface area contributed by atoms with Gasteiger partial charge in [-0.1, -0.05) is 11.3 Å². The first-order chi connectivity index (χ1) is 8.72. The van der Waals surface area contributed by atoms with Crippen LogP contribution in [0.2, 0.25) is 0 Å². The fraction of sp³-hybridized carbons (Fsp3) is 0. The molecule has 2 nitrogen and oxygen atoms in total. The third kappa shape index (κ3) is 2.32. The number of pyridine rings is 1. The van der Waals surface area contributed by atoms with Gasteiger partial charge in [-0.05, 0) is 52.9 Å². The van der Waals surface area contributed by atoms with Crippen molar-refractivity contribution in [2.75, 3.05) is 5.32 Å². The van der Waals surface area contributed by atoms with Crippen LogP contribution in [0.3, 0.4) is 0 Å². The van der Waals surface area contributed by atoms with Crippen molar-refractivity contribution < 1.29 is 4.39 Å². The molecule has 1 N–H and O–H groups in total. The third-order valence-electron chi connectivity index (χ3n) is 2.40. The Labute approximate surface area is 121 Å². The number of halogens is 2. The third-order valence-corrected chi connectivity index (χ3v) is 4.00. The van der Waals surface area contributed by atoms with Gasteiger partial charge >= 0.3 is 0 Å². The topological polar surface area (TPSA) is 24.9 Å². The number of rotatable bonds is 2. The molecule has 3 rings (SSSR count). The van der Waals surface area contributed by atoms with E-state index in [4.69, 9.17) is 0 Å². The van der Waals surface area contributed by atoms with Gasteiger partial charge in [-0.2, -0.15) is 0 Å². The lowest BCUT2D eigenvalue weighted by molar-refractivity contribution is 0.631. The Kier molecular flexibility index (Phi) is 3.17. The number of nitrogens with one attached hydrogen (secondary N) is 1. The summed E-state index contributed by atoms with van der Waals surface area (Å²) in [6.45, 7) is 0. The van der Waals surface area contributed by atoms with E-state index in [0.29, 0.717) is 5.69 Å². The Bertz CT molecular complexity index is 678. The first kappa shape index (κ1) is 11.9. The Hall–Kier alpha value is -1.21. The second-order valence-electron chi connectivity index (χ2n) is 3.66. The van der Waals surface area contributed by atoms with E-state index in [2.05, 4.69) is 39.0 Å². The lowest BCUT2D eigenvalue weighted by Gasteiger charge is -2.04. The van der Waals surface area contributed by atoms with Crippen LogP contribution in [0.25, 0.3) is 10.2 Å². The van der Waals surface area contributed by atoms with Gasteiger partial charge < -0.3 is 5.32 Å². The summed E-state index contributed by atoms with van der Waals surface area (Å²) in [5.74, 6) is -0.263. The predicted molar refractivity (Wildman–Crippen MR) is 80.9 cm³/mol. The van der Waals surface area contributed by atoms with Gasteiger partial charge in [0.1, 0.15) is 15.6 Å². The molecule has 0 unspecified atom stereocenters. The predicted octanol–water partition coefficient (Wildman–Crippen LogP) is 4.58. The van der Waals surface area contributed by atoms with Crippen LogP contribution in [0.4, 0.5) is 15.1 Å². The second-order valence-corrected chi connectivity index (χ2v) is 5.91. The highest BCUT2D eigenvalue weighted by Gasteiger charge is 2.06. The van der Waals surface area contributed by atoms with Crippen molar-refractivity contribution in [3.05, 3.63) is 52.0 Å². The lowest BCUT2D eigenvalue weighted by atomic mass is 10.3. The van der Waals surface area contributed by atoms with Gasteiger partial charge in [0.15, 0.2) is 0 Å². The van der Waals surface area contributed by atoms with Crippen molar-refractivity contribution >= 4 is 54.8 Å². The van der Waals surface area contributed by atoms with Crippen LogP contribution in [0.5, 0.6) is 0 Å². The Morgan fingerprint density at radius 1 is 1.33 bits per heavy atom. The maximum Gasteiger partial charge on any atom is 0.147 e. The summed E-state index contributed by atoms with van der Waals surface area (Å²) in [5, 5.41) is 4.74. The van der Waals surface area contributed by atoms with Gasteiger partial charge in [-0.15, -0.1) is 0 Å². The number of benzene rings is 1. The number of aromatic nitrogens is 1. The molecule has 0 bridgehead atoms. The fourth-order valence-electron chi connectivity index (χ4n) is 1.58. The second kappa shape index (κ2) is 4.81. The fourth-order valence-corrected chi connectivity index (χ4v) is 2.89. The van der Waals surface area contributed by atoms with E-state index < -0.39 is 0 Å². The molecule has 0 aliphatic carbocycles. The Morgan fingerprint density at radius 3 is 3.00 bits per heavy atom. The minimum absolute atomic E-state index is 0.263. The first-order valence-corrected chi connectivity index (χ1v) is 7.11. The van der Waals surface area contributed by atoms with E-state index in [1.807, 2.05) is 18.2 Å². The Morgan fingerprint density at radius 2 is 2.22 bits per heavy atom.